The third-order valence-corrected chi connectivity index (χ3v) is 6.25. The van der Waals surface area contributed by atoms with Gasteiger partial charge in [-0.2, -0.15) is 0 Å². The summed E-state index contributed by atoms with van der Waals surface area (Å²) in [7, 11) is 1.83. The molecule has 7 heteroatoms. The summed E-state index contributed by atoms with van der Waals surface area (Å²) >= 11 is 3.04. The van der Waals surface area contributed by atoms with E-state index < -0.39 is 0 Å². The van der Waals surface area contributed by atoms with Crippen LogP contribution in [0, 0.1) is 0 Å². The second-order valence-corrected chi connectivity index (χ2v) is 8.43. The summed E-state index contributed by atoms with van der Waals surface area (Å²) in [5, 5.41) is 8.78. The van der Waals surface area contributed by atoms with Gasteiger partial charge in [-0.3, -0.25) is 4.79 Å². The number of carbonyl (C=O) groups is 1. The largest absolute Gasteiger partial charge is 0.416 e. The monoisotopic (exact) mass is 391 g/mol. The summed E-state index contributed by atoms with van der Waals surface area (Å²) in [6, 6.07) is 8.30. The quantitative estimate of drug-likeness (QED) is 0.644. The van der Waals surface area contributed by atoms with Crippen LogP contribution in [0.25, 0.3) is 0 Å². The normalized spacial score (nSPS) is 15.2. The first-order valence-electron chi connectivity index (χ1n) is 8.99. The highest BCUT2D eigenvalue weighted by atomic mass is 32.2. The standard InChI is InChI=1S/C19H25N3O2S2/c1-22(12-14-8-10-16(25-2)11-9-14)17(23)13-26-19-21-20-18(24-19)15-6-4-3-5-7-15/h8-11,15H,3-7,12-13H2,1-2H3. The summed E-state index contributed by atoms with van der Waals surface area (Å²) < 4.78 is 5.76. The van der Waals surface area contributed by atoms with Crippen molar-refractivity contribution in [3.63, 3.8) is 0 Å². The topological polar surface area (TPSA) is 59.2 Å². The molecule has 140 valence electrons. The summed E-state index contributed by atoms with van der Waals surface area (Å²) in [5.74, 6) is 1.50. The molecule has 1 aliphatic carbocycles. The van der Waals surface area contributed by atoms with E-state index in [1.807, 2.05) is 7.05 Å². The maximum Gasteiger partial charge on any atom is 0.277 e. The van der Waals surface area contributed by atoms with Crippen LogP contribution in [0.15, 0.2) is 38.8 Å². The Morgan fingerprint density at radius 2 is 1.92 bits per heavy atom. The number of hydrogen-bond acceptors (Lipinski definition) is 6. The average Bonchev–Trinajstić information content (AvgIpc) is 3.16. The van der Waals surface area contributed by atoms with Crippen molar-refractivity contribution in [1.29, 1.82) is 0 Å². The number of thioether (sulfide) groups is 2. The molecule has 0 bridgehead atoms. The fourth-order valence-corrected chi connectivity index (χ4v) is 4.24. The van der Waals surface area contributed by atoms with Crippen molar-refractivity contribution < 1.29 is 9.21 Å². The Balaban J connectivity index is 1.47. The van der Waals surface area contributed by atoms with E-state index >= 15 is 0 Å². The van der Waals surface area contributed by atoms with Crippen molar-refractivity contribution in [2.24, 2.45) is 0 Å². The van der Waals surface area contributed by atoms with Gasteiger partial charge in [0.15, 0.2) is 0 Å². The van der Waals surface area contributed by atoms with Gasteiger partial charge in [0.2, 0.25) is 11.8 Å². The van der Waals surface area contributed by atoms with Crippen molar-refractivity contribution in [3.8, 4) is 0 Å². The van der Waals surface area contributed by atoms with E-state index in [-0.39, 0.29) is 5.91 Å². The Kier molecular flexibility index (Phi) is 7.02. The molecule has 1 aromatic carbocycles. The van der Waals surface area contributed by atoms with E-state index in [0.29, 0.717) is 23.4 Å². The molecular formula is C19H25N3O2S2. The molecule has 1 fully saturated rings. The minimum absolute atomic E-state index is 0.0568. The van der Waals surface area contributed by atoms with E-state index in [1.165, 1.54) is 35.9 Å². The molecule has 0 spiro atoms. The fraction of sp³-hybridized carbons (Fsp3) is 0.526. The Morgan fingerprint density at radius 1 is 1.19 bits per heavy atom. The van der Waals surface area contributed by atoms with Crippen LogP contribution in [0.3, 0.4) is 0 Å². The van der Waals surface area contributed by atoms with E-state index in [9.17, 15) is 4.79 Å². The van der Waals surface area contributed by atoms with Gasteiger partial charge in [-0.1, -0.05) is 43.2 Å². The van der Waals surface area contributed by atoms with Gasteiger partial charge in [0.05, 0.1) is 5.75 Å². The van der Waals surface area contributed by atoms with E-state index in [2.05, 4.69) is 40.7 Å². The highest BCUT2D eigenvalue weighted by Gasteiger charge is 2.22. The van der Waals surface area contributed by atoms with Gasteiger partial charge in [-0.25, -0.2) is 0 Å². The van der Waals surface area contributed by atoms with Crippen LogP contribution in [0.2, 0.25) is 0 Å². The first kappa shape index (κ1) is 19.3. The molecular weight excluding hydrogens is 366 g/mol. The Labute approximate surface area is 163 Å². The predicted octanol–water partition coefficient (Wildman–Crippen LogP) is 4.59. The fourth-order valence-electron chi connectivity index (χ4n) is 3.12. The maximum absolute atomic E-state index is 12.4. The lowest BCUT2D eigenvalue weighted by molar-refractivity contribution is -0.127. The Bertz CT molecular complexity index is 712. The van der Waals surface area contributed by atoms with Gasteiger partial charge in [0, 0.05) is 24.4 Å². The highest BCUT2D eigenvalue weighted by Crippen LogP contribution is 2.32. The minimum atomic E-state index is 0.0568. The molecule has 1 aliphatic rings. The lowest BCUT2D eigenvalue weighted by atomic mass is 9.89. The van der Waals surface area contributed by atoms with Gasteiger partial charge in [-0.15, -0.1) is 22.0 Å². The molecule has 1 aromatic heterocycles. The smallest absolute Gasteiger partial charge is 0.277 e. The summed E-state index contributed by atoms with van der Waals surface area (Å²) in [5.41, 5.74) is 1.13. The van der Waals surface area contributed by atoms with Gasteiger partial charge < -0.3 is 9.32 Å². The average molecular weight is 392 g/mol. The van der Waals surface area contributed by atoms with Crippen molar-refractivity contribution >= 4 is 29.4 Å². The molecule has 3 rings (SSSR count). The number of benzene rings is 1. The van der Waals surface area contributed by atoms with Gasteiger partial charge in [0.25, 0.3) is 5.22 Å². The number of amides is 1. The van der Waals surface area contributed by atoms with Crippen LogP contribution in [0.1, 0.15) is 49.5 Å². The molecule has 1 saturated carbocycles. The number of aromatic nitrogens is 2. The van der Waals surface area contributed by atoms with Gasteiger partial charge >= 0.3 is 0 Å². The highest BCUT2D eigenvalue weighted by molar-refractivity contribution is 7.99. The third kappa shape index (κ3) is 5.27. The number of hydrogen-bond donors (Lipinski definition) is 0. The Hall–Kier alpha value is -1.47. The second kappa shape index (κ2) is 9.46. The van der Waals surface area contributed by atoms with Gasteiger partial charge in [0.1, 0.15) is 0 Å². The minimum Gasteiger partial charge on any atom is -0.416 e. The van der Waals surface area contributed by atoms with Crippen LogP contribution >= 0.6 is 23.5 Å². The molecule has 0 aliphatic heterocycles. The van der Waals surface area contributed by atoms with Crippen molar-refractivity contribution in [2.45, 2.75) is 54.7 Å². The van der Waals surface area contributed by atoms with Gasteiger partial charge in [-0.05, 0) is 36.8 Å². The lowest BCUT2D eigenvalue weighted by Crippen LogP contribution is -2.27. The predicted molar refractivity (Wildman–Crippen MR) is 106 cm³/mol. The van der Waals surface area contributed by atoms with E-state index in [1.54, 1.807) is 16.7 Å². The van der Waals surface area contributed by atoms with Crippen LogP contribution in [0.4, 0.5) is 0 Å². The zero-order chi connectivity index (χ0) is 18.4. The number of carbonyl (C=O) groups excluding carboxylic acids is 1. The van der Waals surface area contributed by atoms with Crippen LogP contribution in [0.5, 0.6) is 0 Å². The molecule has 26 heavy (non-hydrogen) atoms. The van der Waals surface area contributed by atoms with Crippen LogP contribution in [-0.4, -0.2) is 40.1 Å². The first-order valence-corrected chi connectivity index (χ1v) is 11.2. The Morgan fingerprint density at radius 3 is 2.62 bits per heavy atom. The molecule has 1 heterocycles. The van der Waals surface area contributed by atoms with Crippen molar-refractivity contribution in [3.05, 3.63) is 35.7 Å². The molecule has 2 aromatic rings. The van der Waals surface area contributed by atoms with Crippen LogP contribution in [-0.2, 0) is 11.3 Å². The first-order chi connectivity index (χ1) is 12.7. The molecule has 5 nitrogen and oxygen atoms in total. The molecule has 1 amide bonds. The van der Waals surface area contributed by atoms with Crippen LogP contribution < -0.4 is 0 Å². The number of rotatable bonds is 7. The summed E-state index contributed by atoms with van der Waals surface area (Å²) in [6.45, 7) is 0.602. The maximum atomic E-state index is 12.4. The molecule has 0 saturated heterocycles. The molecule has 0 N–H and O–H groups in total. The third-order valence-electron chi connectivity index (χ3n) is 4.70. The number of nitrogens with zero attached hydrogens (tertiary/aromatic N) is 3. The molecule has 0 atom stereocenters. The SMILES string of the molecule is CSc1ccc(CN(C)C(=O)CSc2nnc(C3CCCCC3)o2)cc1. The zero-order valence-corrected chi connectivity index (χ0v) is 16.9. The van der Waals surface area contributed by atoms with E-state index in [0.717, 1.165) is 24.3 Å². The zero-order valence-electron chi connectivity index (χ0n) is 15.3. The molecule has 0 unspecified atom stereocenters. The summed E-state index contributed by atoms with van der Waals surface area (Å²) in [4.78, 5) is 15.3. The molecule has 0 radical (unpaired) electrons. The lowest BCUT2D eigenvalue weighted by Gasteiger charge is -2.17. The summed E-state index contributed by atoms with van der Waals surface area (Å²) in [6.07, 6.45) is 8.08. The van der Waals surface area contributed by atoms with E-state index in [4.69, 9.17) is 4.42 Å². The second-order valence-electron chi connectivity index (χ2n) is 6.63. The van der Waals surface area contributed by atoms with Crippen molar-refractivity contribution in [2.75, 3.05) is 19.1 Å². The van der Waals surface area contributed by atoms with Crippen molar-refractivity contribution in [1.82, 2.24) is 15.1 Å².